The van der Waals surface area contributed by atoms with Crippen molar-refractivity contribution in [2.75, 3.05) is 5.88 Å². The van der Waals surface area contributed by atoms with Crippen molar-refractivity contribution in [1.82, 2.24) is 0 Å². The van der Waals surface area contributed by atoms with E-state index in [9.17, 15) is 0 Å². The Morgan fingerprint density at radius 1 is 1.18 bits per heavy atom. The highest BCUT2D eigenvalue weighted by Gasteiger charge is 2.10. The van der Waals surface area contributed by atoms with Gasteiger partial charge in [-0.05, 0) is 48.1 Å². The van der Waals surface area contributed by atoms with Gasteiger partial charge in [0.2, 0.25) is 0 Å². The molecule has 0 saturated carbocycles. The predicted molar refractivity (Wildman–Crippen MR) is 74.5 cm³/mol. The summed E-state index contributed by atoms with van der Waals surface area (Å²) in [5.74, 6) is 1.11. The summed E-state index contributed by atoms with van der Waals surface area (Å²) >= 11 is 9.52. The fourth-order valence-corrected chi connectivity index (χ4v) is 2.59. The first-order valence-corrected chi connectivity index (χ1v) is 6.92. The van der Waals surface area contributed by atoms with Crippen molar-refractivity contribution in [3.05, 3.63) is 58.5 Å². The topological polar surface area (TPSA) is 13.1 Å². The maximum Gasteiger partial charge on any atom is 0.0934 e. The van der Waals surface area contributed by atoms with Crippen LogP contribution in [0.1, 0.15) is 11.1 Å². The lowest BCUT2D eigenvalue weighted by Crippen LogP contribution is -2.09. The van der Waals surface area contributed by atoms with Crippen molar-refractivity contribution in [3.8, 4) is 0 Å². The maximum atomic E-state index is 6.03. The molecular weight excluding hydrogens is 300 g/mol. The highest BCUT2D eigenvalue weighted by Crippen LogP contribution is 2.19. The molecule has 2 rings (SSSR count). The Bertz CT molecular complexity index is 453. The highest BCUT2D eigenvalue weighted by molar-refractivity contribution is 9.10. The Hall–Kier alpha value is -0.730. The molecule has 1 aromatic heterocycles. The number of alkyl halides is 1. The lowest BCUT2D eigenvalue weighted by Gasteiger charge is -2.12. The molecule has 0 amide bonds. The third-order valence-corrected chi connectivity index (χ3v) is 3.67. The van der Waals surface area contributed by atoms with Gasteiger partial charge >= 0.3 is 0 Å². The molecule has 0 aliphatic carbocycles. The predicted octanol–water partition coefficient (Wildman–Crippen LogP) is 4.68. The van der Waals surface area contributed by atoms with Crippen molar-refractivity contribution in [1.29, 1.82) is 0 Å². The Morgan fingerprint density at radius 2 is 2.00 bits per heavy atom. The minimum Gasteiger partial charge on any atom is -0.472 e. The number of rotatable bonds is 5. The number of halogens is 2. The van der Waals surface area contributed by atoms with E-state index in [1.165, 1.54) is 11.1 Å². The molecule has 0 N–H and O–H groups in total. The molecule has 0 saturated heterocycles. The summed E-state index contributed by atoms with van der Waals surface area (Å²) in [6, 6.07) is 10.4. The van der Waals surface area contributed by atoms with Gasteiger partial charge in [-0.3, -0.25) is 0 Å². The zero-order valence-electron chi connectivity index (χ0n) is 9.40. The van der Waals surface area contributed by atoms with Crippen molar-refractivity contribution in [2.45, 2.75) is 12.8 Å². The van der Waals surface area contributed by atoms with Gasteiger partial charge in [-0.25, -0.2) is 0 Å². The van der Waals surface area contributed by atoms with E-state index < -0.39 is 0 Å². The molecule has 90 valence electrons. The molecule has 1 aromatic carbocycles. The maximum absolute atomic E-state index is 6.03. The van der Waals surface area contributed by atoms with Crippen LogP contribution < -0.4 is 0 Å². The quantitative estimate of drug-likeness (QED) is 0.730. The van der Waals surface area contributed by atoms with Gasteiger partial charge in [-0.1, -0.05) is 28.1 Å². The van der Waals surface area contributed by atoms with Crippen LogP contribution in [0.5, 0.6) is 0 Å². The van der Waals surface area contributed by atoms with Gasteiger partial charge in [0.15, 0.2) is 0 Å². The lowest BCUT2D eigenvalue weighted by atomic mass is 9.95. The molecule has 2 aromatic rings. The Balaban J connectivity index is 2.00. The van der Waals surface area contributed by atoms with E-state index in [1.807, 2.05) is 12.1 Å². The largest absolute Gasteiger partial charge is 0.472 e. The van der Waals surface area contributed by atoms with E-state index in [4.69, 9.17) is 16.0 Å². The summed E-state index contributed by atoms with van der Waals surface area (Å²) in [5.41, 5.74) is 2.53. The van der Waals surface area contributed by atoms with E-state index in [-0.39, 0.29) is 0 Å². The zero-order valence-corrected chi connectivity index (χ0v) is 11.7. The minimum absolute atomic E-state index is 0.448. The molecule has 17 heavy (non-hydrogen) atoms. The van der Waals surface area contributed by atoms with Crippen LogP contribution >= 0.6 is 27.5 Å². The molecule has 0 bridgehead atoms. The molecule has 0 spiro atoms. The Kier molecular flexibility index (Phi) is 4.69. The Labute approximate surface area is 115 Å². The number of furan rings is 1. The lowest BCUT2D eigenvalue weighted by molar-refractivity contribution is 0.548. The van der Waals surface area contributed by atoms with Gasteiger partial charge < -0.3 is 4.42 Å². The monoisotopic (exact) mass is 312 g/mol. The summed E-state index contributed by atoms with van der Waals surface area (Å²) < 4.78 is 6.20. The van der Waals surface area contributed by atoms with Crippen LogP contribution in [0.25, 0.3) is 0 Å². The van der Waals surface area contributed by atoms with Crippen molar-refractivity contribution in [3.63, 3.8) is 0 Å². The van der Waals surface area contributed by atoms with Crippen LogP contribution in [0.15, 0.2) is 51.7 Å². The first-order chi connectivity index (χ1) is 8.28. The fraction of sp³-hybridized carbons (Fsp3) is 0.286. The minimum atomic E-state index is 0.448. The van der Waals surface area contributed by atoms with Crippen LogP contribution in [0.3, 0.4) is 0 Å². The molecule has 0 radical (unpaired) electrons. The first-order valence-electron chi connectivity index (χ1n) is 5.59. The average molecular weight is 314 g/mol. The van der Waals surface area contributed by atoms with Crippen molar-refractivity contribution in [2.24, 2.45) is 5.92 Å². The average Bonchev–Trinajstić information content (AvgIpc) is 2.81. The third kappa shape index (κ3) is 3.90. The van der Waals surface area contributed by atoms with E-state index in [1.54, 1.807) is 12.5 Å². The van der Waals surface area contributed by atoms with Crippen LogP contribution in [0.2, 0.25) is 0 Å². The summed E-state index contributed by atoms with van der Waals surface area (Å²) in [5, 5.41) is 0. The van der Waals surface area contributed by atoms with Gasteiger partial charge in [0.1, 0.15) is 0 Å². The zero-order chi connectivity index (χ0) is 12.1. The highest BCUT2D eigenvalue weighted by atomic mass is 79.9. The second kappa shape index (κ2) is 6.27. The fourth-order valence-electron chi connectivity index (χ4n) is 1.92. The van der Waals surface area contributed by atoms with Crippen LogP contribution in [-0.4, -0.2) is 5.88 Å². The second-order valence-corrected chi connectivity index (χ2v) is 5.41. The summed E-state index contributed by atoms with van der Waals surface area (Å²) in [6.07, 6.45) is 5.46. The molecule has 1 atom stereocenters. The molecule has 3 heteroatoms. The first kappa shape index (κ1) is 12.7. The van der Waals surface area contributed by atoms with Crippen LogP contribution in [0.4, 0.5) is 0 Å². The second-order valence-electron chi connectivity index (χ2n) is 4.19. The number of benzene rings is 1. The molecule has 0 aliphatic heterocycles. The van der Waals surface area contributed by atoms with Gasteiger partial charge in [0.25, 0.3) is 0 Å². The molecular formula is C14H14BrClO. The van der Waals surface area contributed by atoms with Gasteiger partial charge in [0, 0.05) is 10.4 Å². The normalized spacial score (nSPS) is 12.6. The third-order valence-electron chi connectivity index (χ3n) is 2.74. The standard InChI is InChI=1S/C14H14BrClO/c15-14-3-1-2-11(8-14)6-13(9-16)7-12-4-5-17-10-12/h1-5,8,10,13H,6-7,9H2. The van der Waals surface area contributed by atoms with Crippen molar-refractivity contribution < 1.29 is 4.42 Å². The van der Waals surface area contributed by atoms with Crippen LogP contribution in [-0.2, 0) is 12.8 Å². The summed E-state index contributed by atoms with van der Waals surface area (Å²) in [4.78, 5) is 0. The van der Waals surface area contributed by atoms with Gasteiger partial charge in [-0.15, -0.1) is 11.6 Å². The molecule has 0 fully saturated rings. The number of hydrogen-bond donors (Lipinski definition) is 0. The van der Waals surface area contributed by atoms with E-state index in [2.05, 4.69) is 34.1 Å². The molecule has 0 aliphatic rings. The van der Waals surface area contributed by atoms with Crippen LogP contribution in [0, 0.1) is 5.92 Å². The van der Waals surface area contributed by atoms with Crippen molar-refractivity contribution >= 4 is 27.5 Å². The molecule has 1 heterocycles. The van der Waals surface area contributed by atoms with E-state index in [0.717, 1.165) is 17.3 Å². The summed E-state index contributed by atoms with van der Waals surface area (Å²) in [7, 11) is 0. The number of hydrogen-bond acceptors (Lipinski definition) is 1. The van der Waals surface area contributed by atoms with E-state index >= 15 is 0 Å². The SMILES string of the molecule is ClCC(Cc1ccoc1)Cc1cccc(Br)c1. The van der Waals surface area contributed by atoms with Gasteiger partial charge in [0.05, 0.1) is 12.5 Å². The molecule has 1 unspecified atom stereocenters. The smallest absolute Gasteiger partial charge is 0.0934 e. The summed E-state index contributed by atoms with van der Waals surface area (Å²) in [6.45, 7) is 0. The van der Waals surface area contributed by atoms with Gasteiger partial charge in [-0.2, -0.15) is 0 Å². The molecule has 1 nitrogen and oxygen atoms in total. The Morgan fingerprint density at radius 3 is 2.65 bits per heavy atom. The van der Waals surface area contributed by atoms with E-state index in [0.29, 0.717) is 11.8 Å².